The molecule has 0 heterocycles. The summed E-state index contributed by atoms with van der Waals surface area (Å²) in [5.41, 5.74) is 33.4. The van der Waals surface area contributed by atoms with Crippen molar-refractivity contribution in [3.05, 3.63) is 35.9 Å². The Bertz CT molecular complexity index is 852. The van der Waals surface area contributed by atoms with Crippen LogP contribution in [0.4, 0.5) is 0 Å². The minimum absolute atomic E-state index is 0.0463. The molecule has 0 fully saturated rings. The van der Waals surface area contributed by atoms with Crippen LogP contribution in [0, 0.1) is 0 Å². The molecular formula is C21H36N10O3. The second-order valence-corrected chi connectivity index (χ2v) is 7.72. The van der Waals surface area contributed by atoms with E-state index in [-0.39, 0.29) is 31.3 Å². The molecule has 1 rings (SSSR count). The van der Waals surface area contributed by atoms with E-state index in [0.29, 0.717) is 25.8 Å². The lowest BCUT2D eigenvalue weighted by atomic mass is 10.0. The number of hydrogen-bond donors (Lipinski definition) is 8. The van der Waals surface area contributed by atoms with Gasteiger partial charge in [0.2, 0.25) is 17.7 Å². The van der Waals surface area contributed by atoms with E-state index in [1.54, 1.807) is 0 Å². The average Bonchev–Trinajstić information content (AvgIpc) is 2.78. The highest BCUT2D eigenvalue weighted by molar-refractivity contribution is 5.92. The topological polar surface area (TPSA) is 256 Å². The summed E-state index contributed by atoms with van der Waals surface area (Å²) in [7, 11) is 0. The van der Waals surface area contributed by atoms with Crippen molar-refractivity contribution in [2.24, 2.45) is 44.4 Å². The van der Waals surface area contributed by atoms with Crippen LogP contribution in [0.3, 0.4) is 0 Å². The van der Waals surface area contributed by atoms with Crippen molar-refractivity contribution in [2.75, 3.05) is 13.1 Å². The molecule has 0 aliphatic rings. The van der Waals surface area contributed by atoms with E-state index >= 15 is 0 Å². The van der Waals surface area contributed by atoms with Gasteiger partial charge in [-0.25, -0.2) is 0 Å². The largest absolute Gasteiger partial charge is 0.370 e. The van der Waals surface area contributed by atoms with E-state index in [9.17, 15) is 14.4 Å². The molecule has 0 radical (unpaired) electrons. The van der Waals surface area contributed by atoms with Crippen molar-refractivity contribution in [3.63, 3.8) is 0 Å². The van der Waals surface area contributed by atoms with Gasteiger partial charge in [-0.1, -0.05) is 30.3 Å². The van der Waals surface area contributed by atoms with Crippen molar-refractivity contribution in [2.45, 2.75) is 50.2 Å². The van der Waals surface area contributed by atoms with Crippen molar-refractivity contribution in [1.29, 1.82) is 0 Å². The van der Waals surface area contributed by atoms with E-state index in [1.165, 1.54) is 0 Å². The quantitative estimate of drug-likeness (QED) is 0.0738. The first-order chi connectivity index (χ1) is 16.1. The number of primary amides is 1. The molecule has 34 heavy (non-hydrogen) atoms. The normalized spacial score (nSPS) is 13.1. The molecular weight excluding hydrogens is 440 g/mol. The first kappa shape index (κ1) is 28.2. The second kappa shape index (κ2) is 15.1. The van der Waals surface area contributed by atoms with Crippen molar-refractivity contribution >= 4 is 29.6 Å². The van der Waals surface area contributed by atoms with E-state index in [2.05, 4.69) is 20.6 Å². The Morgan fingerprint density at radius 3 is 1.82 bits per heavy atom. The first-order valence-electron chi connectivity index (χ1n) is 10.9. The molecule has 1 aromatic rings. The second-order valence-electron chi connectivity index (χ2n) is 7.72. The SMILES string of the molecule is NC(=O)[C@H](Cc1ccccc1)NC(=O)[C@H](CCCN=C(N)N)NC(=O)[C@@H](N)CCCN=C(N)N. The van der Waals surface area contributed by atoms with Gasteiger partial charge in [0.25, 0.3) is 0 Å². The number of hydrogen-bond acceptors (Lipinski definition) is 6. The lowest BCUT2D eigenvalue weighted by Crippen LogP contribution is -2.55. The summed E-state index contributed by atoms with van der Waals surface area (Å²) >= 11 is 0. The molecule has 13 heteroatoms. The van der Waals surface area contributed by atoms with Crippen molar-refractivity contribution in [1.82, 2.24) is 10.6 Å². The smallest absolute Gasteiger partial charge is 0.243 e. The van der Waals surface area contributed by atoms with Crippen LogP contribution in [0.15, 0.2) is 40.3 Å². The summed E-state index contributed by atoms with van der Waals surface area (Å²) in [5, 5.41) is 5.26. The number of nitrogens with zero attached hydrogens (tertiary/aromatic N) is 2. The summed E-state index contributed by atoms with van der Waals surface area (Å²) in [6.07, 6.45) is 1.61. The molecule has 3 atom stereocenters. The van der Waals surface area contributed by atoms with Gasteiger partial charge in [-0.3, -0.25) is 24.4 Å². The molecule has 0 saturated carbocycles. The Morgan fingerprint density at radius 1 is 0.765 bits per heavy atom. The van der Waals surface area contributed by atoms with Crippen LogP contribution in [0.2, 0.25) is 0 Å². The Morgan fingerprint density at radius 2 is 1.29 bits per heavy atom. The van der Waals surface area contributed by atoms with Crippen LogP contribution in [-0.4, -0.2) is 60.9 Å². The van der Waals surface area contributed by atoms with Gasteiger partial charge in [0.05, 0.1) is 6.04 Å². The minimum atomic E-state index is -0.969. The standard InChI is InChI=1S/C21H36N10O3/c22-14(8-4-10-28-20(24)25)18(33)30-15(9-5-11-29-21(26)27)19(34)31-16(17(23)32)12-13-6-2-1-3-7-13/h1-3,6-7,14-16H,4-5,8-12,22H2,(H2,23,32)(H,30,33)(H,31,34)(H4,24,25,28)(H4,26,27,29)/t14-,15-,16-/m0/s1. The van der Waals surface area contributed by atoms with Gasteiger partial charge < -0.3 is 45.0 Å². The van der Waals surface area contributed by atoms with Crippen molar-refractivity contribution < 1.29 is 14.4 Å². The number of amides is 3. The van der Waals surface area contributed by atoms with E-state index in [4.69, 9.17) is 34.4 Å². The molecule has 14 N–H and O–H groups in total. The fourth-order valence-corrected chi connectivity index (χ4v) is 3.05. The molecule has 188 valence electrons. The van der Waals surface area contributed by atoms with Crippen LogP contribution in [0.1, 0.15) is 31.2 Å². The van der Waals surface area contributed by atoms with Crippen LogP contribution < -0.4 is 45.0 Å². The molecule has 0 aliphatic carbocycles. The molecule has 0 spiro atoms. The fraction of sp³-hybridized carbons (Fsp3) is 0.476. The van der Waals surface area contributed by atoms with Gasteiger partial charge in [0, 0.05) is 19.5 Å². The molecule has 0 saturated heterocycles. The average molecular weight is 477 g/mol. The molecule has 0 aromatic heterocycles. The molecule has 0 unspecified atom stereocenters. The zero-order valence-corrected chi connectivity index (χ0v) is 19.2. The predicted octanol–water partition coefficient (Wildman–Crippen LogP) is -2.88. The number of nitrogens with one attached hydrogen (secondary N) is 2. The van der Waals surface area contributed by atoms with Crippen LogP contribution in [0.5, 0.6) is 0 Å². The Kier molecular flexibility index (Phi) is 12.5. The predicted molar refractivity (Wildman–Crippen MR) is 131 cm³/mol. The van der Waals surface area contributed by atoms with Gasteiger partial charge in [0.1, 0.15) is 12.1 Å². The van der Waals surface area contributed by atoms with E-state index < -0.39 is 35.8 Å². The van der Waals surface area contributed by atoms with Crippen LogP contribution >= 0.6 is 0 Å². The Balaban J connectivity index is 2.82. The molecule has 3 amide bonds. The maximum atomic E-state index is 13.0. The third kappa shape index (κ3) is 11.7. The molecule has 1 aromatic carbocycles. The zero-order chi connectivity index (χ0) is 25.5. The molecule has 0 aliphatic heterocycles. The third-order valence-corrected chi connectivity index (χ3v) is 4.83. The van der Waals surface area contributed by atoms with Gasteiger partial charge >= 0.3 is 0 Å². The van der Waals surface area contributed by atoms with Gasteiger partial charge in [-0.15, -0.1) is 0 Å². The third-order valence-electron chi connectivity index (χ3n) is 4.83. The highest BCUT2D eigenvalue weighted by Gasteiger charge is 2.27. The number of aliphatic imine (C=N–C) groups is 2. The van der Waals surface area contributed by atoms with E-state index in [0.717, 1.165) is 5.56 Å². The van der Waals surface area contributed by atoms with Crippen molar-refractivity contribution in [3.8, 4) is 0 Å². The maximum absolute atomic E-state index is 13.0. The number of rotatable bonds is 15. The summed E-state index contributed by atoms with van der Waals surface area (Å²) in [4.78, 5) is 45.2. The summed E-state index contributed by atoms with van der Waals surface area (Å²) in [5.74, 6) is -1.91. The van der Waals surface area contributed by atoms with Gasteiger partial charge in [-0.2, -0.15) is 0 Å². The lowest BCUT2D eigenvalue weighted by molar-refractivity contribution is -0.132. The summed E-state index contributed by atoms with van der Waals surface area (Å²) in [6, 6.07) is 6.30. The van der Waals surface area contributed by atoms with E-state index in [1.807, 2.05) is 30.3 Å². The van der Waals surface area contributed by atoms with Gasteiger partial charge in [-0.05, 0) is 31.2 Å². The first-order valence-corrected chi connectivity index (χ1v) is 10.9. The zero-order valence-electron chi connectivity index (χ0n) is 19.2. The highest BCUT2D eigenvalue weighted by Crippen LogP contribution is 2.06. The van der Waals surface area contributed by atoms with Gasteiger partial charge in [0.15, 0.2) is 11.9 Å². The highest BCUT2D eigenvalue weighted by atomic mass is 16.2. The summed E-state index contributed by atoms with van der Waals surface area (Å²) < 4.78 is 0. The number of benzene rings is 1. The number of nitrogens with two attached hydrogens (primary N) is 6. The number of carbonyl (C=O) groups excluding carboxylic acids is 3. The lowest BCUT2D eigenvalue weighted by Gasteiger charge is -2.23. The van der Waals surface area contributed by atoms with Crippen LogP contribution in [-0.2, 0) is 20.8 Å². The monoisotopic (exact) mass is 476 g/mol. The Labute approximate surface area is 198 Å². The molecule has 13 nitrogen and oxygen atoms in total. The minimum Gasteiger partial charge on any atom is -0.370 e. The molecule has 0 bridgehead atoms. The maximum Gasteiger partial charge on any atom is 0.243 e. The Hall–Kier alpha value is -3.87. The number of guanidine groups is 2. The summed E-state index contributed by atoms with van der Waals surface area (Å²) in [6.45, 7) is 0.585. The van der Waals surface area contributed by atoms with Crippen LogP contribution in [0.25, 0.3) is 0 Å². The fourth-order valence-electron chi connectivity index (χ4n) is 3.05. The number of carbonyl (C=O) groups is 3.